The van der Waals surface area contributed by atoms with Gasteiger partial charge in [0, 0.05) is 30.4 Å². The first kappa shape index (κ1) is 17.5. The lowest BCUT2D eigenvalue weighted by atomic mass is 9.89. The van der Waals surface area contributed by atoms with E-state index in [9.17, 15) is 4.79 Å². The zero-order valence-electron chi connectivity index (χ0n) is 14.6. The van der Waals surface area contributed by atoms with Crippen molar-refractivity contribution >= 4 is 5.97 Å². The number of benzene rings is 2. The second-order valence-corrected chi connectivity index (χ2v) is 5.82. The number of aromatic nitrogens is 2. The maximum Gasteiger partial charge on any atom is 0.335 e. The lowest BCUT2D eigenvalue weighted by molar-refractivity contribution is 0.0697. The monoisotopic (exact) mass is 352 g/mol. The Kier molecular flexibility index (Phi) is 5.22. The Morgan fingerprint density at radius 1 is 1.12 bits per heavy atom. The molecular formula is C20H20N2O4. The second kappa shape index (κ2) is 7.74. The molecule has 1 N–H and O–H groups in total. The first-order valence-electron chi connectivity index (χ1n) is 8.14. The minimum absolute atomic E-state index is 0.0989. The van der Waals surface area contributed by atoms with Crippen molar-refractivity contribution in [3.63, 3.8) is 0 Å². The summed E-state index contributed by atoms with van der Waals surface area (Å²) in [7, 11) is 3.25. The third-order valence-electron chi connectivity index (χ3n) is 4.33. The fourth-order valence-corrected chi connectivity index (χ4v) is 3.05. The van der Waals surface area contributed by atoms with Gasteiger partial charge >= 0.3 is 5.97 Å². The van der Waals surface area contributed by atoms with Gasteiger partial charge in [0.15, 0.2) is 0 Å². The third-order valence-corrected chi connectivity index (χ3v) is 4.33. The Morgan fingerprint density at radius 2 is 1.77 bits per heavy atom. The van der Waals surface area contributed by atoms with Gasteiger partial charge in [0.25, 0.3) is 0 Å². The highest BCUT2D eigenvalue weighted by Crippen LogP contribution is 2.39. The molecule has 6 heteroatoms. The Hall–Kier alpha value is -3.28. The number of ether oxygens (including phenoxy) is 2. The van der Waals surface area contributed by atoms with Crippen LogP contribution < -0.4 is 9.47 Å². The number of carboxylic acid groups (broad SMARTS) is 1. The standard InChI is InChI=1S/C20H20N2O4/c1-25-17-4-3-5-18(26-2)19(17)16(12-22-11-10-21-13-22)14-6-8-15(9-7-14)20(23)24/h3-11,13,16H,12H2,1-2H3,(H,23,24). The molecule has 2 aromatic carbocycles. The van der Waals surface area contributed by atoms with Gasteiger partial charge in [0.2, 0.25) is 0 Å². The van der Waals surface area contributed by atoms with Crippen molar-refractivity contribution in [3.05, 3.63) is 77.9 Å². The number of hydrogen-bond donors (Lipinski definition) is 1. The number of nitrogens with zero attached hydrogens (tertiary/aromatic N) is 2. The van der Waals surface area contributed by atoms with Crippen LogP contribution in [0.25, 0.3) is 0 Å². The molecule has 26 heavy (non-hydrogen) atoms. The van der Waals surface area contributed by atoms with Crippen LogP contribution in [0.3, 0.4) is 0 Å². The van der Waals surface area contributed by atoms with Crippen LogP contribution in [-0.2, 0) is 6.54 Å². The van der Waals surface area contributed by atoms with E-state index in [2.05, 4.69) is 4.98 Å². The first-order valence-corrected chi connectivity index (χ1v) is 8.14. The van der Waals surface area contributed by atoms with Crippen LogP contribution >= 0.6 is 0 Å². The molecule has 0 saturated heterocycles. The summed E-state index contributed by atoms with van der Waals surface area (Å²) >= 11 is 0. The fourth-order valence-electron chi connectivity index (χ4n) is 3.05. The van der Waals surface area contributed by atoms with Gasteiger partial charge in [0.05, 0.1) is 26.1 Å². The van der Waals surface area contributed by atoms with E-state index in [1.165, 1.54) is 0 Å². The first-order chi connectivity index (χ1) is 12.6. The van der Waals surface area contributed by atoms with Crippen LogP contribution in [0.5, 0.6) is 11.5 Å². The smallest absolute Gasteiger partial charge is 0.335 e. The van der Waals surface area contributed by atoms with Crippen molar-refractivity contribution in [3.8, 4) is 11.5 Å². The van der Waals surface area contributed by atoms with Gasteiger partial charge in [0.1, 0.15) is 11.5 Å². The fraction of sp³-hybridized carbons (Fsp3) is 0.200. The molecule has 6 nitrogen and oxygen atoms in total. The van der Waals surface area contributed by atoms with Crippen molar-refractivity contribution in [1.82, 2.24) is 9.55 Å². The molecule has 0 saturated carbocycles. The van der Waals surface area contributed by atoms with Gasteiger partial charge in [-0.15, -0.1) is 0 Å². The predicted molar refractivity (Wildman–Crippen MR) is 97.0 cm³/mol. The molecule has 134 valence electrons. The Balaban J connectivity index is 2.11. The number of rotatable bonds is 7. The maximum atomic E-state index is 11.2. The van der Waals surface area contributed by atoms with Crippen LogP contribution in [0.2, 0.25) is 0 Å². The Labute approximate surface area is 151 Å². The molecule has 1 unspecified atom stereocenters. The van der Waals surface area contributed by atoms with Gasteiger partial charge in [-0.3, -0.25) is 0 Å². The summed E-state index contributed by atoms with van der Waals surface area (Å²) in [4.78, 5) is 15.3. The van der Waals surface area contributed by atoms with Crippen molar-refractivity contribution < 1.29 is 19.4 Å². The van der Waals surface area contributed by atoms with Gasteiger partial charge in [-0.2, -0.15) is 0 Å². The molecule has 0 radical (unpaired) electrons. The van der Waals surface area contributed by atoms with Gasteiger partial charge in [-0.25, -0.2) is 9.78 Å². The normalized spacial score (nSPS) is 11.8. The molecule has 1 aromatic heterocycles. The zero-order chi connectivity index (χ0) is 18.5. The summed E-state index contributed by atoms with van der Waals surface area (Å²) in [6.45, 7) is 0.614. The summed E-state index contributed by atoms with van der Waals surface area (Å²) in [6.07, 6.45) is 5.37. The zero-order valence-corrected chi connectivity index (χ0v) is 14.6. The Morgan fingerprint density at radius 3 is 2.27 bits per heavy atom. The van der Waals surface area contributed by atoms with Crippen LogP contribution in [0.4, 0.5) is 0 Å². The highest BCUT2D eigenvalue weighted by molar-refractivity contribution is 5.87. The lowest BCUT2D eigenvalue weighted by Crippen LogP contribution is -2.12. The molecule has 0 bridgehead atoms. The van der Waals surface area contributed by atoms with Crippen molar-refractivity contribution in [2.24, 2.45) is 0 Å². The second-order valence-electron chi connectivity index (χ2n) is 5.82. The molecular weight excluding hydrogens is 332 g/mol. The predicted octanol–water partition coefficient (Wildman–Crippen LogP) is 3.43. The maximum absolute atomic E-state index is 11.2. The molecule has 0 aliphatic heterocycles. The van der Waals surface area contributed by atoms with E-state index in [-0.39, 0.29) is 11.5 Å². The molecule has 0 aliphatic rings. The SMILES string of the molecule is COc1cccc(OC)c1C(Cn1ccnc1)c1ccc(C(=O)O)cc1. The molecule has 0 aliphatic carbocycles. The quantitative estimate of drug-likeness (QED) is 0.705. The van der Waals surface area contributed by atoms with Crippen molar-refractivity contribution in [2.45, 2.75) is 12.5 Å². The molecule has 0 fully saturated rings. The topological polar surface area (TPSA) is 73.6 Å². The van der Waals surface area contributed by atoms with E-state index in [0.29, 0.717) is 6.54 Å². The summed E-state index contributed by atoms with van der Waals surface area (Å²) in [6, 6.07) is 12.5. The number of methoxy groups -OCH3 is 2. The van der Waals surface area contributed by atoms with Gasteiger partial charge < -0.3 is 19.1 Å². The summed E-state index contributed by atoms with van der Waals surface area (Å²) in [5.41, 5.74) is 2.13. The summed E-state index contributed by atoms with van der Waals surface area (Å²) in [5, 5.41) is 9.15. The van der Waals surface area contributed by atoms with Crippen LogP contribution in [-0.4, -0.2) is 34.8 Å². The summed E-state index contributed by atoms with van der Waals surface area (Å²) < 4.78 is 13.1. The molecule has 3 aromatic rings. The molecule has 1 heterocycles. The minimum atomic E-state index is -0.947. The van der Waals surface area contributed by atoms with Crippen molar-refractivity contribution in [1.29, 1.82) is 0 Å². The van der Waals surface area contributed by atoms with Crippen LogP contribution in [0.1, 0.15) is 27.4 Å². The largest absolute Gasteiger partial charge is 0.496 e. The van der Waals surface area contributed by atoms with Crippen LogP contribution in [0, 0.1) is 0 Å². The average molecular weight is 352 g/mol. The molecule has 0 amide bonds. The number of carbonyl (C=O) groups is 1. The van der Waals surface area contributed by atoms with Crippen molar-refractivity contribution in [2.75, 3.05) is 14.2 Å². The van der Waals surface area contributed by atoms with E-state index in [1.54, 1.807) is 38.9 Å². The molecule has 1 atom stereocenters. The van der Waals surface area contributed by atoms with E-state index in [4.69, 9.17) is 14.6 Å². The summed E-state index contributed by atoms with van der Waals surface area (Å²) in [5.74, 6) is 0.393. The lowest BCUT2D eigenvalue weighted by Gasteiger charge is -2.23. The van der Waals surface area contributed by atoms with E-state index < -0.39 is 5.97 Å². The molecule has 0 spiro atoms. The Bertz CT molecular complexity index is 851. The third kappa shape index (κ3) is 3.54. The molecule has 3 rings (SSSR count). The van der Waals surface area contributed by atoms with E-state index >= 15 is 0 Å². The highest BCUT2D eigenvalue weighted by Gasteiger charge is 2.23. The minimum Gasteiger partial charge on any atom is -0.496 e. The van der Waals surface area contributed by atoms with E-state index in [1.807, 2.05) is 41.1 Å². The highest BCUT2D eigenvalue weighted by atomic mass is 16.5. The average Bonchev–Trinajstić information content (AvgIpc) is 3.19. The number of imidazole rings is 1. The van der Waals surface area contributed by atoms with Gasteiger partial charge in [-0.05, 0) is 29.8 Å². The number of hydrogen-bond acceptors (Lipinski definition) is 4. The van der Waals surface area contributed by atoms with Crippen LogP contribution in [0.15, 0.2) is 61.2 Å². The van der Waals surface area contributed by atoms with Gasteiger partial charge in [-0.1, -0.05) is 18.2 Å². The number of carboxylic acids is 1. The number of aromatic carboxylic acids is 1. The van der Waals surface area contributed by atoms with E-state index in [0.717, 1.165) is 22.6 Å².